The summed E-state index contributed by atoms with van der Waals surface area (Å²) < 4.78 is 14.6. The Kier molecular flexibility index (Phi) is 7.87. The van der Waals surface area contributed by atoms with Gasteiger partial charge in [-0.25, -0.2) is 0 Å². The molecule has 0 fully saturated rings. The number of benzene rings is 2. The van der Waals surface area contributed by atoms with Gasteiger partial charge in [-0.2, -0.15) is 0 Å². The van der Waals surface area contributed by atoms with Gasteiger partial charge in [-0.3, -0.25) is 4.79 Å². The van der Waals surface area contributed by atoms with E-state index in [1.165, 1.54) is 0 Å². The van der Waals surface area contributed by atoms with Crippen molar-refractivity contribution in [3.8, 4) is 5.75 Å². The van der Waals surface area contributed by atoms with Crippen LogP contribution in [0.1, 0.15) is 10.4 Å². The van der Waals surface area contributed by atoms with E-state index in [1.807, 2.05) is 30.3 Å². The molecule has 2 aromatic rings. The Bertz CT molecular complexity index is 540. The van der Waals surface area contributed by atoms with E-state index in [1.54, 1.807) is 20.3 Å². The number of carbonyl (C=O) groups excluding carboxylic acids is 1. The van der Waals surface area contributed by atoms with Gasteiger partial charge in [0.1, 0.15) is 17.6 Å². The van der Waals surface area contributed by atoms with Crippen molar-refractivity contribution in [1.29, 1.82) is 0 Å². The molecule has 108 valence electrons. The zero-order valence-corrected chi connectivity index (χ0v) is 13.1. The summed E-state index contributed by atoms with van der Waals surface area (Å²) in [5.41, 5.74) is 1.31. The molecule has 0 aliphatic heterocycles. The predicted molar refractivity (Wildman–Crippen MR) is 82.6 cm³/mol. The van der Waals surface area contributed by atoms with E-state index in [9.17, 15) is 4.79 Å². The first kappa shape index (κ1) is 16.6. The zero-order chi connectivity index (χ0) is 14.8. The van der Waals surface area contributed by atoms with Crippen molar-refractivity contribution in [2.24, 2.45) is 0 Å². The molecule has 5 heteroatoms. The van der Waals surface area contributed by atoms with Gasteiger partial charge in [-0.15, -0.1) is 0 Å². The third kappa shape index (κ3) is 5.28. The first-order chi connectivity index (χ1) is 9.74. The van der Waals surface area contributed by atoms with Crippen LogP contribution in [0.3, 0.4) is 0 Å². The molecule has 2 rings (SSSR count). The van der Waals surface area contributed by atoms with E-state index in [4.69, 9.17) is 9.47 Å². The molecule has 0 saturated carbocycles. The lowest BCUT2D eigenvalue weighted by Gasteiger charge is -2.06. The van der Waals surface area contributed by atoms with E-state index >= 15 is 0 Å². The summed E-state index contributed by atoms with van der Waals surface area (Å²) in [5.74, 6) is 0.758. The molecule has 0 bridgehead atoms. The van der Waals surface area contributed by atoms with Crippen LogP contribution in [0.5, 0.6) is 5.75 Å². The summed E-state index contributed by atoms with van der Waals surface area (Å²) in [6.07, 6.45) is 0.842. The monoisotopic (exact) mass is 340 g/mol. The number of rotatable bonds is 5. The van der Waals surface area contributed by atoms with Gasteiger partial charge in [0.2, 0.25) is 0 Å². The largest absolute Gasteiger partial charge is 0.468 e. The highest BCUT2D eigenvalue weighted by molar-refractivity contribution is 9.09. The Balaban J connectivity index is 0.000000444. The lowest BCUT2D eigenvalue weighted by atomic mass is 10.1. The molecule has 0 aliphatic carbocycles. The van der Waals surface area contributed by atoms with Gasteiger partial charge in [0.15, 0.2) is 6.79 Å². The minimum absolute atomic E-state index is 0.234. The number of ether oxygens (including phenoxy) is 3. The Morgan fingerprint density at radius 3 is 2.30 bits per heavy atom. The third-order valence-electron chi connectivity index (χ3n) is 2.42. The first-order valence-corrected chi connectivity index (χ1v) is 7.03. The molecule has 0 atom stereocenters. The fraction of sp³-hybridized carbons (Fsp3) is 0.267. The van der Waals surface area contributed by atoms with Gasteiger partial charge in [-0.05, 0) is 29.0 Å². The SMILES string of the molecule is COCBr.COCOc1ccc2cc(C=O)ccc2c1. The van der Waals surface area contributed by atoms with Gasteiger partial charge in [0, 0.05) is 19.8 Å². The highest BCUT2D eigenvalue weighted by Gasteiger charge is 1.98. The van der Waals surface area contributed by atoms with E-state index in [-0.39, 0.29) is 6.79 Å². The topological polar surface area (TPSA) is 44.8 Å². The normalized spacial score (nSPS) is 9.75. The quantitative estimate of drug-likeness (QED) is 0.473. The third-order valence-corrected chi connectivity index (χ3v) is 2.88. The van der Waals surface area contributed by atoms with Gasteiger partial charge in [0.05, 0.1) is 0 Å². The number of carbonyl (C=O) groups is 1. The molecular formula is C15H17BrO4. The number of hydrogen-bond acceptors (Lipinski definition) is 4. The van der Waals surface area contributed by atoms with Gasteiger partial charge in [0.25, 0.3) is 0 Å². The second kappa shape index (κ2) is 9.47. The summed E-state index contributed by atoms with van der Waals surface area (Å²) in [6, 6.07) is 11.2. The van der Waals surface area contributed by atoms with Crippen molar-refractivity contribution in [2.75, 3.05) is 26.5 Å². The Labute approximate surface area is 126 Å². The number of methoxy groups -OCH3 is 2. The van der Waals surface area contributed by atoms with Crippen molar-refractivity contribution >= 4 is 33.0 Å². The minimum Gasteiger partial charge on any atom is -0.468 e. The lowest BCUT2D eigenvalue weighted by molar-refractivity contribution is 0.0512. The van der Waals surface area contributed by atoms with Gasteiger partial charge < -0.3 is 14.2 Å². The molecule has 0 N–H and O–H groups in total. The molecule has 2 aromatic carbocycles. The van der Waals surface area contributed by atoms with Crippen LogP contribution in [-0.4, -0.2) is 32.8 Å². The maximum atomic E-state index is 10.6. The summed E-state index contributed by atoms with van der Waals surface area (Å²) >= 11 is 3.03. The van der Waals surface area contributed by atoms with Crippen molar-refractivity contribution in [1.82, 2.24) is 0 Å². The molecule has 0 saturated heterocycles. The smallest absolute Gasteiger partial charge is 0.188 e. The van der Waals surface area contributed by atoms with Crippen LogP contribution >= 0.6 is 15.9 Å². The van der Waals surface area contributed by atoms with E-state index in [0.29, 0.717) is 11.1 Å². The van der Waals surface area contributed by atoms with E-state index < -0.39 is 0 Å². The zero-order valence-electron chi connectivity index (χ0n) is 11.5. The Morgan fingerprint density at radius 1 is 1.05 bits per heavy atom. The van der Waals surface area contributed by atoms with E-state index in [0.717, 1.165) is 22.8 Å². The first-order valence-electron chi connectivity index (χ1n) is 5.90. The molecule has 0 heterocycles. The molecule has 0 aromatic heterocycles. The van der Waals surface area contributed by atoms with Crippen molar-refractivity contribution in [2.45, 2.75) is 0 Å². The molecular weight excluding hydrogens is 324 g/mol. The predicted octanol–water partition coefficient (Wildman–Crippen LogP) is 3.62. The summed E-state index contributed by atoms with van der Waals surface area (Å²) in [6.45, 7) is 0.234. The molecule has 0 unspecified atom stereocenters. The van der Waals surface area contributed by atoms with Gasteiger partial charge in [-0.1, -0.05) is 34.1 Å². The van der Waals surface area contributed by atoms with Crippen LogP contribution in [-0.2, 0) is 9.47 Å². The fourth-order valence-electron chi connectivity index (χ4n) is 1.53. The fourth-order valence-corrected chi connectivity index (χ4v) is 1.53. The highest BCUT2D eigenvalue weighted by Crippen LogP contribution is 2.21. The van der Waals surface area contributed by atoms with Crippen LogP contribution in [0, 0.1) is 0 Å². The summed E-state index contributed by atoms with van der Waals surface area (Å²) in [7, 11) is 3.21. The van der Waals surface area contributed by atoms with Crippen LogP contribution in [0.4, 0.5) is 0 Å². The molecule has 0 spiro atoms. The number of hydrogen-bond donors (Lipinski definition) is 0. The summed E-state index contributed by atoms with van der Waals surface area (Å²) in [5, 5.41) is 2.06. The number of halogens is 1. The average molecular weight is 341 g/mol. The van der Waals surface area contributed by atoms with Crippen molar-refractivity contribution < 1.29 is 19.0 Å². The van der Waals surface area contributed by atoms with Crippen LogP contribution in [0.15, 0.2) is 36.4 Å². The van der Waals surface area contributed by atoms with Gasteiger partial charge >= 0.3 is 0 Å². The summed E-state index contributed by atoms with van der Waals surface area (Å²) in [4.78, 5) is 10.6. The molecule has 0 aliphatic rings. The maximum absolute atomic E-state index is 10.6. The molecule has 20 heavy (non-hydrogen) atoms. The second-order valence-corrected chi connectivity index (χ2v) is 4.29. The minimum atomic E-state index is 0.234. The van der Waals surface area contributed by atoms with Crippen molar-refractivity contribution in [3.63, 3.8) is 0 Å². The Hall–Kier alpha value is -1.43. The molecule has 0 radical (unpaired) electrons. The number of aldehydes is 1. The number of fused-ring (bicyclic) bond motifs is 1. The lowest BCUT2D eigenvalue weighted by Crippen LogP contribution is -1.98. The Morgan fingerprint density at radius 2 is 1.70 bits per heavy atom. The average Bonchev–Trinajstić information content (AvgIpc) is 2.52. The van der Waals surface area contributed by atoms with E-state index in [2.05, 4.69) is 20.7 Å². The number of alkyl halides is 1. The van der Waals surface area contributed by atoms with Crippen LogP contribution in [0.25, 0.3) is 10.8 Å². The molecule has 0 amide bonds. The second-order valence-electron chi connectivity index (χ2n) is 3.83. The molecule has 4 nitrogen and oxygen atoms in total. The van der Waals surface area contributed by atoms with Crippen molar-refractivity contribution in [3.05, 3.63) is 42.0 Å². The highest BCUT2D eigenvalue weighted by atomic mass is 79.9. The maximum Gasteiger partial charge on any atom is 0.188 e. The standard InChI is InChI=1S/C13H12O3.C2H5BrO/c1-15-9-16-13-5-4-11-6-10(8-14)2-3-12(11)7-13;1-4-2-3/h2-8H,9H2,1H3;2H2,1H3. The van der Waals surface area contributed by atoms with Crippen LogP contribution in [0.2, 0.25) is 0 Å². The van der Waals surface area contributed by atoms with Crippen LogP contribution < -0.4 is 4.74 Å².